The van der Waals surface area contributed by atoms with E-state index >= 15 is 0 Å². The fraction of sp³-hybridized carbons (Fsp3) is 0.250. The first kappa shape index (κ1) is 22.4. The summed E-state index contributed by atoms with van der Waals surface area (Å²) >= 11 is 5.76. The standard InChI is InChI=1S/C20H16ClF3N2O5/c21-12-4-6-13(7-5-12)25-17(27)11-30-19(29)16-8-9-26(18(16)28)14-2-1-3-15(10-14)31-20(22,23)24/h1-7,10,16H,8-9,11H2,(H,25,27). The molecule has 1 saturated heterocycles. The Bertz CT molecular complexity index is 982. The number of rotatable bonds is 6. The second-order valence-corrected chi connectivity index (χ2v) is 6.98. The van der Waals surface area contributed by atoms with Crippen LogP contribution in [0, 0.1) is 5.92 Å². The fourth-order valence-electron chi connectivity index (χ4n) is 2.97. The first-order valence-electron chi connectivity index (χ1n) is 9.01. The van der Waals surface area contributed by atoms with Crippen LogP contribution in [0.25, 0.3) is 0 Å². The highest BCUT2D eigenvalue weighted by molar-refractivity contribution is 6.30. The normalized spacial score (nSPS) is 16.2. The molecule has 0 aliphatic carbocycles. The number of hydrogen-bond donors (Lipinski definition) is 1. The quantitative estimate of drug-likeness (QED) is 0.528. The lowest BCUT2D eigenvalue weighted by Gasteiger charge is -2.18. The Kier molecular flexibility index (Phi) is 6.69. The Labute approximate surface area is 179 Å². The van der Waals surface area contributed by atoms with Crippen LogP contribution >= 0.6 is 11.6 Å². The third-order valence-electron chi connectivity index (χ3n) is 4.33. The molecule has 164 valence electrons. The minimum atomic E-state index is -4.87. The van der Waals surface area contributed by atoms with Gasteiger partial charge in [-0.25, -0.2) is 0 Å². The van der Waals surface area contributed by atoms with E-state index in [1.54, 1.807) is 24.3 Å². The fourth-order valence-corrected chi connectivity index (χ4v) is 3.10. The van der Waals surface area contributed by atoms with Gasteiger partial charge in [-0.05, 0) is 42.8 Å². The number of amides is 2. The highest BCUT2D eigenvalue weighted by Crippen LogP contribution is 2.31. The molecule has 1 unspecified atom stereocenters. The van der Waals surface area contributed by atoms with Crippen molar-refractivity contribution >= 4 is 40.8 Å². The molecule has 7 nitrogen and oxygen atoms in total. The molecule has 1 N–H and O–H groups in total. The summed E-state index contributed by atoms with van der Waals surface area (Å²) in [6.07, 6.45) is -4.77. The molecular formula is C20H16ClF3N2O5. The SMILES string of the molecule is O=C(COC(=O)C1CCN(c2cccc(OC(F)(F)F)c2)C1=O)Nc1ccc(Cl)cc1. The lowest BCUT2D eigenvalue weighted by Crippen LogP contribution is -2.32. The Balaban J connectivity index is 1.55. The van der Waals surface area contributed by atoms with Gasteiger partial charge in [-0.15, -0.1) is 13.2 Å². The lowest BCUT2D eigenvalue weighted by atomic mass is 10.1. The molecule has 0 bridgehead atoms. The van der Waals surface area contributed by atoms with Crippen molar-refractivity contribution in [1.82, 2.24) is 0 Å². The van der Waals surface area contributed by atoms with Gasteiger partial charge in [0.15, 0.2) is 6.61 Å². The summed E-state index contributed by atoms with van der Waals surface area (Å²) in [5, 5.41) is 3.00. The summed E-state index contributed by atoms with van der Waals surface area (Å²) in [4.78, 5) is 37.9. The van der Waals surface area contributed by atoms with Crippen LogP contribution < -0.4 is 15.0 Å². The molecule has 1 atom stereocenters. The molecule has 1 heterocycles. The zero-order chi connectivity index (χ0) is 22.6. The van der Waals surface area contributed by atoms with Crippen LogP contribution in [-0.2, 0) is 19.1 Å². The van der Waals surface area contributed by atoms with Gasteiger partial charge in [0.2, 0.25) is 5.91 Å². The molecule has 3 rings (SSSR count). The molecule has 2 aromatic rings. The van der Waals surface area contributed by atoms with Crippen molar-refractivity contribution < 1.29 is 37.0 Å². The number of hydrogen-bond acceptors (Lipinski definition) is 5. The third-order valence-corrected chi connectivity index (χ3v) is 4.58. The number of nitrogens with zero attached hydrogens (tertiary/aromatic N) is 1. The number of carbonyl (C=O) groups is 3. The number of nitrogens with one attached hydrogen (secondary N) is 1. The van der Waals surface area contributed by atoms with Crippen molar-refractivity contribution in [2.45, 2.75) is 12.8 Å². The number of ether oxygens (including phenoxy) is 2. The van der Waals surface area contributed by atoms with Crippen LogP contribution in [0.1, 0.15) is 6.42 Å². The van der Waals surface area contributed by atoms with Gasteiger partial charge in [0.1, 0.15) is 11.7 Å². The van der Waals surface area contributed by atoms with E-state index < -0.39 is 42.4 Å². The molecule has 31 heavy (non-hydrogen) atoms. The summed E-state index contributed by atoms with van der Waals surface area (Å²) in [5.74, 6) is -3.76. The van der Waals surface area contributed by atoms with Crippen molar-refractivity contribution in [3.05, 3.63) is 53.6 Å². The molecule has 1 aliphatic heterocycles. The molecule has 0 saturated carbocycles. The van der Waals surface area contributed by atoms with Crippen molar-refractivity contribution in [3.63, 3.8) is 0 Å². The van der Waals surface area contributed by atoms with Crippen LogP contribution in [0.15, 0.2) is 48.5 Å². The van der Waals surface area contributed by atoms with Gasteiger partial charge in [0.05, 0.1) is 0 Å². The molecule has 2 amide bonds. The Morgan fingerprint density at radius 3 is 2.55 bits per heavy atom. The molecule has 1 aliphatic rings. The van der Waals surface area contributed by atoms with E-state index in [0.29, 0.717) is 10.7 Å². The minimum absolute atomic E-state index is 0.0980. The summed E-state index contributed by atoms with van der Waals surface area (Å²) in [5.41, 5.74) is 0.608. The summed E-state index contributed by atoms with van der Waals surface area (Å²) < 4.78 is 46.0. The second kappa shape index (κ2) is 9.25. The van der Waals surface area contributed by atoms with Crippen LogP contribution in [-0.4, -0.2) is 37.3 Å². The number of anilines is 2. The van der Waals surface area contributed by atoms with Gasteiger partial charge in [0, 0.05) is 29.0 Å². The van der Waals surface area contributed by atoms with E-state index in [1.165, 1.54) is 17.0 Å². The van der Waals surface area contributed by atoms with E-state index in [9.17, 15) is 27.6 Å². The Morgan fingerprint density at radius 2 is 1.87 bits per heavy atom. The topological polar surface area (TPSA) is 84.9 Å². The van der Waals surface area contributed by atoms with Gasteiger partial charge in [-0.2, -0.15) is 0 Å². The molecule has 1 fully saturated rings. The van der Waals surface area contributed by atoms with Crippen LogP contribution in [0.4, 0.5) is 24.5 Å². The maximum Gasteiger partial charge on any atom is 0.573 e. The number of benzene rings is 2. The van der Waals surface area contributed by atoms with Gasteiger partial charge < -0.3 is 19.7 Å². The van der Waals surface area contributed by atoms with Gasteiger partial charge >= 0.3 is 12.3 Å². The maximum atomic E-state index is 12.6. The predicted octanol–water partition coefficient (Wildman–Crippen LogP) is 3.77. The van der Waals surface area contributed by atoms with Crippen LogP contribution in [0.5, 0.6) is 5.75 Å². The van der Waals surface area contributed by atoms with E-state index in [-0.39, 0.29) is 18.7 Å². The van der Waals surface area contributed by atoms with Crippen molar-refractivity contribution in [3.8, 4) is 5.75 Å². The average Bonchev–Trinajstić information content (AvgIpc) is 3.08. The van der Waals surface area contributed by atoms with E-state index in [0.717, 1.165) is 12.1 Å². The monoisotopic (exact) mass is 456 g/mol. The summed E-state index contributed by atoms with van der Waals surface area (Å²) in [7, 11) is 0. The lowest BCUT2D eigenvalue weighted by molar-refractivity contribution is -0.274. The van der Waals surface area contributed by atoms with Crippen molar-refractivity contribution in [1.29, 1.82) is 0 Å². The summed E-state index contributed by atoms with van der Waals surface area (Å²) in [6.45, 7) is -0.495. The van der Waals surface area contributed by atoms with E-state index in [2.05, 4.69) is 10.1 Å². The first-order valence-corrected chi connectivity index (χ1v) is 9.39. The smallest absolute Gasteiger partial charge is 0.455 e. The number of esters is 1. The summed E-state index contributed by atoms with van der Waals surface area (Å²) in [6, 6.07) is 11.2. The van der Waals surface area contributed by atoms with Crippen molar-refractivity contribution in [2.24, 2.45) is 5.92 Å². The molecule has 0 spiro atoms. The average molecular weight is 457 g/mol. The van der Waals surface area contributed by atoms with E-state index in [1.807, 2.05) is 0 Å². The molecule has 0 aromatic heterocycles. The van der Waals surface area contributed by atoms with Gasteiger partial charge in [-0.3, -0.25) is 14.4 Å². The van der Waals surface area contributed by atoms with Crippen molar-refractivity contribution in [2.75, 3.05) is 23.4 Å². The molecule has 0 radical (unpaired) electrons. The van der Waals surface area contributed by atoms with Crippen LogP contribution in [0.3, 0.4) is 0 Å². The number of alkyl halides is 3. The number of carbonyl (C=O) groups excluding carboxylic acids is 3. The zero-order valence-corrected chi connectivity index (χ0v) is 16.6. The predicted molar refractivity (Wildman–Crippen MR) is 105 cm³/mol. The second-order valence-electron chi connectivity index (χ2n) is 6.54. The largest absolute Gasteiger partial charge is 0.573 e. The Hall–Kier alpha value is -3.27. The number of halogens is 4. The Morgan fingerprint density at radius 1 is 1.16 bits per heavy atom. The molecular weight excluding hydrogens is 441 g/mol. The maximum absolute atomic E-state index is 12.6. The highest BCUT2D eigenvalue weighted by Gasteiger charge is 2.39. The van der Waals surface area contributed by atoms with Gasteiger partial charge in [-0.1, -0.05) is 17.7 Å². The molecule has 11 heteroatoms. The molecule has 2 aromatic carbocycles. The van der Waals surface area contributed by atoms with Gasteiger partial charge in [0.25, 0.3) is 5.91 Å². The zero-order valence-electron chi connectivity index (χ0n) is 15.8. The van der Waals surface area contributed by atoms with Crippen LogP contribution in [0.2, 0.25) is 5.02 Å². The van der Waals surface area contributed by atoms with E-state index in [4.69, 9.17) is 16.3 Å². The third kappa shape index (κ3) is 6.11. The first-order chi connectivity index (χ1) is 14.6. The highest BCUT2D eigenvalue weighted by atomic mass is 35.5. The minimum Gasteiger partial charge on any atom is -0.455 e.